The van der Waals surface area contributed by atoms with Crippen LogP contribution in [0.25, 0.3) is 0 Å². The first-order valence-electron chi connectivity index (χ1n) is 8.67. The van der Waals surface area contributed by atoms with Gasteiger partial charge < -0.3 is 15.0 Å². The number of halogens is 2. The van der Waals surface area contributed by atoms with Crippen molar-refractivity contribution in [3.63, 3.8) is 0 Å². The lowest BCUT2D eigenvalue weighted by atomic mass is 9.95. The molecule has 5 nitrogen and oxygen atoms in total. The average Bonchev–Trinajstić information content (AvgIpc) is 2.70. The van der Waals surface area contributed by atoms with Crippen molar-refractivity contribution in [3.05, 3.63) is 58.9 Å². The molecule has 2 aromatic rings. The molecule has 7 heteroatoms. The number of piperidine rings is 1. The van der Waals surface area contributed by atoms with Gasteiger partial charge in [-0.15, -0.1) is 0 Å². The lowest BCUT2D eigenvalue weighted by molar-refractivity contribution is -0.121. The van der Waals surface area contributed by atoms with Crippen LogP contribution >= 0.6 is 11.6 Å². The van der Waals surface area contributed by atoms with Gasteiger partial charge in [-0.05, 0) is 55.3 Å². The number of likely N-dealkylation sites (tertiary alicyclic amines) is 1. The number of nitrogens with zero attached hydrogens (tertiary/aromatic N) is 1. The lowest BCUT2D eigenvalue weighted by Gasteiger charge is -2.31. The van der Waals surface area contributed by atoms with E-state index in [1.165, 1.54) is 18.2 Å². The number of hydrogen-bond donors (Lipinski definition) is 1. The maximum absolute atomic E-state index is 13.2. The molecule has 1 fully saturated rings. The maximum atomic E-state index is 13.2. The summed E-state index contributed by atoms with van der Waals surface area (Å²) in [6.07, 6.45) is 1.14. The van der Waals surface area contributed by atoms with Crippen LogP contribution < -0.4 is 10.1 Å². The standard InChI is InChI=1S/C20H20ClFN2O3/c1-27-16-5-2-14(3-6-16)20(26)24-10-8-13(9-11-24)19(25)23-15-4-7-18(22)17(21)12-15/h2-7,12-13H,8-11H2,1H3,(H,23,25). The van der Waals surface area contributed by atoms with Crippen LogP contribution in [0.3, 0.4) is 0 Å². The van der Waals surface area contributed by atoms with Crippen molar-refractivity contribution in [2.75, 3.05) is 25.5 Å². The highest BCUT2D eigenvalue weighted by Crippen LogP contribution is 2.24. The third kappa shape index (κ3) is 4.57. The number of carbonyl (C=O) groups is 2. The van der Waals surface area contributed by atoms with E-state index in [2.05, 4.69) is 5.32 Å². The molecular formula is C20H20ClFN2O3. The van der Waals surface area contributed by atoms with Gasteiger partial charge in [0.25, 0.3) is 5.91 Å². The van der Waals surface area contributed by atoms with E-state index < -0.39 is 5.82 Å². The third-order valence-corrected chi connectivity index (χ3v) is 4.97. The molecular weight excluding hydrogens is 371 g/mol. The van der Waals surface area contributed by atoms with Crippen LogP contribution in [-0.2, 0) is 4.79 Å². The fraction of sp³-hybridized carbons (Fsp3) is 0.300. The fourth-order valence-electron chi connectivity index (χ4n) is 3.08. The van der Waals surface area contributed by atoms with Crippen molar-refractivity contribution in [1.82, 2.24) is 4.90 Å². The largest absolute Gasteiger partial charge is 0.497 e. The van der Waals surface area contributed by atoms with Crippen LogP contribution in [0.4, 0.5) is 10.1 Å². The summed E-state index contributed by atoms with van der Waals surface area (Å²) in [6, 6.07) is 11.0. The number of carbonyl (C=O) groups excluding carboxylic acids is 2. The third-order valence-electron chi connectivity index (χ3n) is 4.68. The molecule has 2 aromatic carbocycles. The Hall–Kier alpha value is -2.60. The Bertz CT molecular complexity index is 834. The van der Waals surface area contributed by atoms with Crippen molar-refractivity contribution in [2.24, 2.45) is 5.92 Å². The second-order valence-corrected chi connectivity index (χ2v) is 6.82. The second kappa shape index (κ2) is 8.39. The number of anilines is 1. The molecule has 0 bridgehead atoms. The zero-order valence-corrected chi connectivity index (χ0v) is 15.6. The van der Waals surface area contributed by atoms with Crippen LogP contribution in [0, 0.1) is 11.7 Å². The summed E-state index contributed by atoms with van der Waals surface area (Å²) in [4.78, 5) is 26.7. The number of nitrogens with one attached hydrogen (secondary N) is 1. The van der Waals surface area contributed by atoms with E-state index in [4.69, 9.17) is 16.3 Å². The second-order valence-electron chi connectivity index (χ2n) is 6.41. The first-order chi connectivity index (χ1) is 13.0. The molecule has 0 aliphatic carbocycles. The molecule has 1 aliphatic heterocycles. The smallest absolute Gasteiger partial charge is 0.253 e. The molecule has 0 aromatic heterocycles. The van der Waals surface area contributed by atoms with E-state index >= 15 is 0 Å². The molecule has 0 atom stereocenters. The van der Waals surface area contributed by atoms with Gasteiger partial charge in [-0.3, -0.25) is 9.59 Å². The Morgan fingerprint density at radius 1 is 1.15 bits per heavy atom. The minimum absolute atomic E-state index is 0.0345. The summed E-state index contributed by atoms with van der Waals surface area (Å²) in [5, 5.41) is 2.73. The summed E-state index contributed by atoms with van der Waals surface area (Å²) in [5.74, 6) is -0.229. The Morgan fingerprint density at radius 2 is 1.81 bits per heavy atom. The van der Waals surface area contributed by atoms with Crippen molar-refractivity contribution in [2.45, 2.75) is 12.8 Å². The highest BCUT2D eigenvalue weighted by atomic mass is 35.5. The summed E-state index contributed by atoms with van der Waals surface area (Å²) < 4.78 is 18.3. The molecule has 2 amide bonds. The highest BCUT2D eigenvalue weighted by Gasteiger charge is 2.28. The maximum Gasteiger partial charge on any atom is 0.253 e. The summed E-state index contributed by atoms with van der Waals surface area (Å²) in [6.45, 7) is 1.01. The summed E-state index contributed by atoms with van der Waals surface area (Å²) in [5.41, 5.74) is 1.06. The van der Waals surface area contributed by atoms with Gasteiger partial charge in [0.1, 0.15) is 11.6 Å². The molecule has 0 spiro atoms. The minimum Gasteiger partial charge on any atom is -0.497 e. The first-order valence-corrected chi connectivity index (χ1v) is 9.05. The van der Waals surface area contributed by atoms with Crippen molar-refractivity contribution < 1.29 is 18.7 Å². The Balaban J connectivity index is 1.55. The molecule has 142 valence electrons. The van der Waals surface area contributed by atoms with Gasteiger partial charge in [0.15, 0.2) is 0 Å². The van der Waals surface area contributed by atoms with Crippen molar-refractivity contribution in [3.8, 4) is 5.75 Å². The van der Waals surface area contributed by atoms with Crippen LogP contribution in [0.1, 0.15) is 23.2 Å². The number of hydrogen-bond acceptors (Lipinski definition) is 3. The number of methoxy groups -OCH3 is 1. The Morgan fingerprint density at radius 3 is 2.41 bits per heavy atom. The average molecular weight is 391 g/mol. The molecule has 1 N–H and O–H groups in total. The molecule has 3 rings (SSSR count). The van der Waals surface area contributed by atoms with Crippen molar-refractivity contribution >= 4 is 29.1 Å². The minimum atomic E-state index is -0.528. The predicted octanol–water partition coefficient (Wildman–Crippen LogP) is 3.98. The normalized spacial score (nSPS) is 14.7. The Labute approximate surface area is 162 Å². The molecule has 0 radical (unpaired) electrons. The summed E-state index contributed by atoms with van der Waals surface area (Å²) >= 11 is 5.74. The van der Waals surface area contributed by atoms with Gasteiger partial charge in [-0.25, -0.2) is 4.39 Å². The number of rotatable bonds is 4. The first kappa shape index (κ1) is 19.2. The zero-order chi connectivity index (χ0) is 19.4. The van der Waals surface area contributed by atoms with E-state index in [-0.39, 0.29) is 22.8 Å². The van der Waals surface area contributed by atoms with Crippen LogP contribution in [0.15, 0.2) is 42.5 Å². The number of benzene rings is 2. The predicted molar refractivity (Wildman–Crippen MR) is 102 cm³/mol. The number of amides is 2. The number of ether oxygens (including phenoxy) is 1. The van der Waals surface area contributed by atoms with Crippen LogP contribution in [0.5, 0.6) is 5.75 Å². The fourth-order valence-corrected chi connectivity index (χ4v) is 3.26. The van der Waals surface area contributed by atoms with E-state index in [0.29, 0.717) is 42.9 Å². The summed E-state index contributed by atoms with van der Waals surface area (Å²) in [7, 11) is 1.58. The quantitative estimate of drug-likeness (QED) is 0.859. The SMILES string of the molecule is COc1ccc(C(=O)N2CCC(C(=O)Nc3ccc(F)c(Cl)c3)CC2)cc1. The van der Waals surface area contributed by atoms with Gasteiger partial charge in [0.2, 0.25) is 5.91 Å². The van der Waals surface area contributed by atoms with Gasteiger partial charge >= 0.3 is 0 Å². The molecule has 1 heterocycles. The van der Waals surface area contributed by atoms with Gasteiger partial charge in [-0.1, -0.05) is 11.6 Å². The van der Waals surface area contributed by atoms with E-state index in [0.717, 1.165) is 0 Å². The molecule has 0 saturated carbocycles. The van der Waals surface area contributed by atoms with Gasteiger partial charge in [0, 0.05) is 30.3 Å². The molecule has 1 aliphatic rings. The van der Waals surface area contributed by atoms with E-state index in [1.54, 1.807) is 36.3 Å². The zero-order valence-electron chi connectivity index (χ0n) is 14.9. The highest BCUT2D eigenvalue weighted by molar-refractivity contribution is 6.31. The van der Waals surface area contributed by atoms with E-state index in [9.17, 15) is 14.0 Å². The van der Waals surface area contributed by atoms with Crippen molar-refractivity contribution in [1.29, 1.82) is 0 Å². The van der Waals surface area contributed by atoms with Crippen LogP contribution in [-0.4, -0.2) is 36.9 Å². The van der Waals surface area contributed by atoms with Gasteiger partial charge in [0.05, 0.1) is 12.1 Å². The van der Waals surface area contributed by atoms with Crippen LogP contribution in [0.2, 0.25) is 5.02 Å². The van der Waals surface area contributed by atoms with Gasteiger partial charge in [-0.2, -0.15) is 0 Å². The van der Waals surface area contributed by atoms with E-state index in [1.807, 2.05) is 0 Å². The monoisotopic (exact) mass is 390 g/mol. The Kier molecular flexibility index (Phi) is 5.96. The molecule has 0 unspecified atom stereocenters. The lowest BCUT2D eigenvalue weighted by Crippen LogP contribution is -2.41. The molecule has 1 saturated heterocycles. The molecule has 27 heavy (non-hydrogen) atoms. The topological polar surface area (TPSA) is 58.6 Å².